The fourth-order valence-corrected chi connectivity index (χ4v) is 6.19. The van der Waals surface area contributed by atoms with Gasteiger partial charge < -0.3 is 9.84 Å². The van der Waals surface area contributed by atoms with Gasteiger partial charge in [-0.15, -0.1) is 0 Å². The first kappa shape index (κ1) is 20.4. The minimum absolute atomic E-state index is 0.0263. The van der Waals surface area contributed by atoms with Gasteiger partial charge in [-0.05, 0) is 67.7 Å². The number of fused-ring (bicyclic) bond motifs is 3. The summed E-state index contributed by atoms with van der Waals surface area (Å²) in [6.07, 6.45) is 6.76. The van der Waals surface area contributed by atoms with Gasteiger partial charge in [0.2, 0.25) is 0 Å². The third-order valence-corrected chi connectivity index (χ3v) is 8.22. The van der Waals surface area contributed by atoms with Crippen molar-refractivity contribution in [3.8, 4) is 5.69 Å². The number of cyclic esters (lactones) is 1. The van der Waals surface area contributed by atoms with Crippen molar-refractivity contribution in [3.63, 3.8) is 0 Å². The number of allylic oxidation sites excluding steroid dienone is 1. The first-order valence-corrected chi connectivity index (χ1v) is 11.4. The smallest absolute Gasteiger partial charge is 0.339 e. The fourth-order valence-electron chi connectivity index (χ4n) is 6.19. The lowest BCUT2D eigenvalue weighted by Crippen LogP contribution is -2.43. The molecule has 2 aromatic carbocycles. The molecule has 0 bridgehead atoms. The van der Waals surface area contributed by atoms with E-state index in [0.717, 1.165) is 41.8 Å². The Morgan fingerprint density at radius 2 is 2.00 bits per heavy atom. The maximum atomic E-state index is 13.4. The molecule has 168 valence electrons. The van der Waals surface area contributed by atoms with E-state index in [1.165, 1.54) is 17.7 Å². The number of aliphatic hydroxyl groups is 1. The molecule has 0 amide bonds. The summed E-state index contributed by atoms with van der Waals surface area (Å²) in [6.45, 7) is 2.25. The van der Waals surface area contributed by atoms with Gasteiger partial charge in [-0.3, -0.25) is 0 Å². The maximum Gasteiger partial charge on any atom is 0.339 e. The van der Waals surface area contributed by atoms with Gasteiger partial charge in [0.25, 0.3) is 0 Å². The number of hydrogen-bond acceptors (Lipinski definition) is 4. The highest BCUT2D eigenvalue weighted by Gasteiger charge is 2.57. The molecule has 3 aromatic rings. The molecule has 1 aromatic heterocycles. The van der Waals surface area contributed by atoms with Gasteiger partial charge in [0.15, 0.2) is 0 Å². The highest BCUT2D eigenvalue weighted by Crippen LogP contribution is 2.63. The lowest BCUT2D eigenvalue weighted by molar-refractivity contribution is -0.0229. The molecule has 6 rings (SSSR count). The molecule has 1 aliphatic heterocycles. The van der Waals surface area contributed by atoms with Crippen molar-refractivity contribution >= 4 is 12.0 Å². The van der Waals surface area contributed by atoms with Gasteiger partial charge in [-0.2, -0.15) is 5.10 Å². The molecule has 0 radical (unpaired) electrons. The van der Waals surface area contributed by atoms with Crippen LogP contribution in [0.4, 0.5) is 4.39 Å². The Bertz CT molecular complexity index is 1290. The van der Waals surface area contributed by atoms with Crippen LogP contribution < -0.4 is 0 Å². The maximum absolute atomic E-state index is 13.4. The summed E-state index contributed by atoms with van der Waals surface area (Å²) in [5.74, 6) is -0.558. The molecular formula is C27H25FN2O3. The second-order valence-electron chi connectivity index (χ2n) is 9.75. The Kier molecular flexibility index (Phi) is 4.40. The average molecular weight is 445 g/mol. The predicted molar refractivity (Wildman–Crippen MR) is 121 cm³/mol. The zero-order valence-corrected chi connectivity index (χ0v) is 18.4. The predicted octanol–water partition coefficient (Wildman–Crippen LogP) is 5.03. The lowest BCUT2D eigenvalue weighted by atomic mass is 9.59. The number of esters is 1. The van der Waals surface area contributed by atoms with Crippen LogP contribution in [-0.2, 0) is 11.2 Å². The monoisotopic (exact) mass is 444 g/mol. The van der Waals surface area contributed by atoms with Gasteiger partial charge >= 0.3 is 5.97 Å². The number of halogens is 1. The van der Waals surface area contributed by atoms with Crippen LogP contribution in [0.5, 0.6) is 0 Å². The fraction of sp³-hybridized carbons (Fsp3) is 0.333. The summed E-state index contributed by atoms with van der Waals surface area (Å²) >= 11 is 0. The third-order valence-electron chi connectivity index (χ3n) is 8.22. The Morgan fingerprint density at radius 3 is 2.79 bits per heavy atom. The molecule has 6 heteroatoms. The number of ether oxygens (including phenoxy) is 1. The van der Waals surface area contributed by atoms with E-state index in [1.54, 1.807) is 12.1 Å². The molecule has 1 saturated carbocycles. The topological polar surface area (TPSA) is 64.3 Å². The Morgan fingerprint density at radius 1 is 1.21 bits per heavy atom. The van der Waals surface area contributed by atoms with Crippen LogP contribution in [0, 0.1) is 16.6 Å². The third kappa shape index (κ3) is 2.86. The van der Waals surface area contributed by atoms with Gasteiger partial charge in [0.05, 0.1) is 23.1 Å². The van der Waals surface area contributed by atoms with Gasteiger partial charge in [0.1, 0.15) is 11.9 Å². The second kappa shape index (κ2) is 7.12. The van der Waals surface area contributed by atoms with Crippen LogP contribution in [0.15, 0.2) is 60.3 Å². The highest BCUT2D eigenvalue weighted by molar-refractivity contribution is 5.94. The van der Waals surface area contributed by atoms with E-state index in [0.29, 0.717) is 12.0 Å². The molecule has 0 spiro atoms. The van der Waals surface area contributed by atoms with E-state index in [4.69, 9.17) is 4.74 Å². The SMILES string of the molecule is C[C@]12Cc3cnn(-c4ccc(F)cc4)c3C=C1CCC2(CO)CC1OC(=O)c2ccccc21. The molecule has 3 atom stereocenters. The van der Waals surface area contributed by atoms with E-state index in [1.807, 2.05) is 35.1 Å². The molecule has 3 aliphatic rings. The van der Waals surface area contributed by atoms with Crippen molar-refractivity contribution < 1.29 is 19.0 Å². The standard InChI is InChI=1S/C27H25FN2O3/c1-26-13-17-15-29-30(20-8-6-19(28)7-9-20)23(17)12-18(26)10-11-27(26,16-31)14-24-21-4-2-3-5-22(21)25(32)33-24/h2-9,12,15,24,31H,10-11,13-14,16H2,1H3/t24?,26-,27?/m0/s1. The van der Waals surface area contributed by atoms with E-state index in [2.05, 4.69) is 18.1 Å². The zero-order valence-electron chi connectivity index (χ0n) is 18.4. The summed E-state index contributed by atoms with van der Waals surface area (Å²) in [5, 5.41) is 15.3. The molecule has 1 N–H and O–H groups in total. The van der Waals surface area contributed by atoms with Crippen molar-refractivity contribution in [1.82, 2.24) is 9.78 Å². The highest BCUT2D eigenvalue weighted by atomic mass is 19.1. The summed E-state index contributed by atoms with van der Waals surface area (Å²) in [7, 11) is 0. The summed E-state index contributed by atoms with van der Waals surface area (Å²) in [4.78, 5) is 12.4. The molecule has 33 heavy (non-hydrogen) atoms. The number of nitrogens with zero attached hydrogens (tertiary/aromatic N) is 2. The first-order valence-electron chi connectivity index (χ1n) is 11.4. The Labute approximate surface area is 191 Å². The molecular weight excluding hydrogens is 419 g/mol. The van der Waals surface area contributed by atoms with Crippen molar-refractivity contribution in [2.24, 2.45) is 10.8 Å². The number of rotatable bonds is 4. The normalized spacial score (nSPS) is 27.5. The minimum atomic E-state index is -0.406. The number of hydrogen-bond donors (Lipinski definition) is 1. The Balaban J connectivity index is 1.36. The number of aromatic nitrogens is 2. The number of benzene rings is 2. The second-order valence-corrected chi connectivity index (χ2v) is 9.75. The lowest BCUT2D eigenvalue weighted by Gasteiger charge is -2.46. The van der Waals surface area contributed by atoms with Crippen LogP contribution in [0.2, 0.25) is 0 Å². The van der Waals surface area contributed by atoms with Crippen LogP contribution >= 0.6 is 0 Å². The number of aliphatic hydroxyl groups excluding tert-OH is 1. The Hall–Kier alpha value is -3.25. The van der Waals surface area contributed by atoms with E-state index >= 15 is 0 Å². The zero-order chi connectivity index (χ0) is 22.8. The molecule has 0 saturated heterocycles. The number of carbonyl (C=O) groups is 1. The van der Waals surface area contributed by atoms with Crippen molar-refractivity contribution in [3.05, 3.63) is 88.5 Å². The molecule has 5 nitrogen and oxygen atoms in total. The molecule has 2 unspecified atom stereocenters. The first-order chi connectivity index (χ1) is 15.9. The summed E-state index contributed by atoms with van der Waals surface area (Å²) in [5.41, 5.74) is 5.09. The average Bonchev–Trinajstić information content (AvgIpc) is 3.45. The molecule has 2 aliphatic carbocycles. The van der Waals surface area contributed by atoms with Crippen LogP contribution in [0.3, 0.4) is 0 Å². The van der Waals surface area contributed by atoms with Crippen LogP contribution in [0.25, 0.3) is 11.8 Å². The van der Waals surface area contributed by atoms with E-state index in [9.17, 15) is 14.3 Å². The van der Waals surface area contributed by atoms with Gasteiger partial charge in [-0.1, -0.05) is 30.7 Å². The van der Waals surface area contributed by atoms with Gasteiger partial charge in [-0.25, -0.2) is 13.9 Å². The van der Waals surface area contributed by atoms with E-state index < -0.39 is 5.41 Å². The number of carbonyl (C=O) groups excluding carboxylic acids is 1. The van der Waals surface area contributed by atoms with E-state index in [-0.39, 0.29) is 29.9 Å². The van der Waals surface area contributed by atoms with Crippen LogP contribution in [-0.4, -0.2) is 27.5 Å². The minimum Gasteiger partial charge on any atom is -0.454 e. The van der Waals surface area contributed by atoms with Gasteiger partial charge in [0, 0.05) is 23.0 Å². The van der Waals surface area contributed by atoms with Crippen molar-refractivity contribution in [2.75, 3.05) is 6.61 Å². The summed E-state index contributed by atoms with van der Waals surface area (Å²) < 4.78 is 21.0. The molecule has 2 heterocycles. The van der Waals surface area contributed by atoms with Crippen LogP contribution in [0.1, 0.15) is 59.5 Å². The van der Waals surface area contributed by atoms with Crippen molar-refractivity contribution in [1.29, 1.82) is 0 Å². The quantitative estimate of drug-likeness (QED) is 0.573. The molecule has 1 fully saturated rings. The largest absolute Gasteiger partial charge is 0.454 e. The summed E-state index contributed by atoms with van der Waals surface area (Å²) in [6, 6.07) is 13.9. The van der Waals surface area contributed by atoms with Crippen molar-refractivity contribution in [2.45, 2.75) is 38.7 Å².